The van der Waals surface area contributed by atoms with E-state index >= 15 is 0 Å². The van der Waals surface area contributed by atoms with Crippen LogP contribution in [0.1, 0.15) is 35.9 Å². The van der Waals surface area contributed by atoms with Gasteiger partial charge in [-0.25, -0.2) is 9.18 Å². The summed E-state index contributed by atoms with van der Waals surface area (Å²) in [6.45, 7) is 3.45. The highest BCUT2D eigenvalue weighted by atomic mass is 19.1. The Morgan fingerprint density at radius 1 is 1.36 bits per heavy atom. The van der Waals surface area contributed by atoms with E-state index in [-0.39, 0.29) is 17.0 Å². The summed E-state index contributed by atoms with van der Waals surface area (Å²) in [6.07, 6.45) is -1.22. The average Bonchev–Trinajstić information content (AvgIpc) is 2.16. The second-order valence-corrected chi connectivity index (χ2v) is 3.54. The molecule has 3 heteroatoms. The lowest BCUT2D eigenvalue weighted by atomic mass is 9.96. The van der Waals surface area contributed by atoms with E-state index in [0.29, 0.717) is 0 Å². The van der Waals surface area contributed by atoms with Crippen molar-refractivity contribution >= 4 is 5.97 Å². The molecule has 0 radical (unpaired) electrons. The van der Waals surface area contributed by atoms with E-state index in [4.69, 9.17) is 5.11 Å². The zero-order chi connectivity index (χ0) is 10.7. The highest BCUT2D eigenvalue weighted by molar-refractivity contribution is 5.89. The first-order valence-corrected chi connectivity index (χ1v) is 4.50. The lowest BCUT2D eigenvalue weighted by molar-refractivity contribution is 0.0692. The van der Waals surface area contributed by atoms with Gasteiger partial charge in [0.25, 0.3) is 0 Å². The molecule has 0 aliphatic heterocycles. The first-order chi connectivity index (χ1) is 6.54. The lowest BCUT2D eigenvalue weighted by Crippen LogP contribution is -2.08. The van der Waals surface area contributed by atoms with Gasteiger partial charge in [-0.05, 0) is 12.0 Å². The van der Waals surface area contributed by atoms with Crippen molar-refractivity contribution in [2.45, 2.75) is 20.0 Å². The number of aromatic carboxylic acids is 1. The van der Waals surface area contributed by atoms with Crippen molar-refractivity contribution in [2.24, 2.45) is 5.92 Å². The van der Waals surface area contributed by atoms with Crippen LogP contribution in [0.4, 0.5) is 4.39 Å². The van der Waals surface area contributed by atoms with Gasteiger partial charge < -0.3 is 5.11 Å². The van der Waals surface area contributed by atoms with Crippen LogP contribution in [0.5, 0.6) is 0 Å². The summed E-state index contributed by atoms with van der Waals surface area (Å²) in [7, 11) is 0. The molecular weight excluding hydrogens is 183 g/mol. The summed E-state index contributed by atoms with van der Waals surface area (Å²) in [5.74, 6) is -1.29. The Morgan fingerprint density at radius 2 is 1.93 bits per heavy atom. The van der Waals surface area contributed by atoms with E-state index in [1.807, 2.05) is 0 Å². The molecule has 0 amide bonds. The zero-order valence-corrected chi connectivity index (χ0v) is 8.20. The van der Waals surface area contributed by atoms with E-state index in [0.717, 1.165) is 0 Å². The predicted octanol–water partition coefficient (Wildman–Crippen LogP) is 3.05. The minimum atomic E-state index is -1.22. The number of halogens is 1. The van der Waals surface area contributed by atoms with Gasteiger partial charge >= 0.3 is 5.97 Å². The Bertz CT molecular complexity index is 334. The van der Waals surface area contributed by atoms with Gasteiger partial charge in [0, 0.05) is 5.56 Å². The minimum Gasteiger partial charge on any atom is -0.478 e. The molecule has 0 bridgehead atoms. The maximum atomic E-state index is 13.6. The number of carboxylic acids is 1. The van der Waals surface area contributed by atoms with Crippen LogP contribution in [0.25, 0.3) is 0 Å². The first-order valence-electron chi connectivity index (χ1n) is 4.50. The number of benzene rings is 1. The third-order valence-corrected chi connectivity index (χ3v) is 2.07. The molecule has 1 rings (SSSR count). The van der Waals surface area contributed by atoms with E-state index in [9.17, 15) is 9.18 Å². The average molecular weight is 196 g/mol. The fourth-order valence-electron chi connectivity index (χ4n) is 1.29. The Morgan fingerprint density at radius 3 is 2.43 bits per heavy atom. The second-order valence-electron chi connectivity index (χ2n) is 3.54. The Labute approximate surface area is 82.4 Å². The maximum absolute atomic E-state index is 13.6. The number of carbonyl (C=O) groups is 1. The molecule has 1 atom stereocenters. The van der Waals surface area contributed by atoms with E-state index < -0.39 is 12.1 Å². The molecule has 14 heavy (non-hydrogen) atoms. The van der Waals surface area contributed by atoms with Crippen LogP contribution in [0, 0.1) is 5.92 Å². The van der Waals surface area contributed by atoms with Gasteiger partial charge in [0.05, 0.1) is 5.56 Å². The molecule has 0 aliphatic rings. The van der Waals surface area contributed by atoms with Gasteiger partial charge in [-0.3, -0.25) is 0 Å². The van der Waals surface area contributed by atoms with E-state index in [1.165, 1.54) is 12.1 Å². The number of hydrogen-bond acceptors (Lipinski definition) is 1. The first kappa shape index (κ1) is 10.7. The van der Waals surface area contributed by atoms with Crippen molar-refractivity contribution in [3.8, 4) is 0 Å². The van der Waals surface area contributed by atoms with Gasteiger partial charge in [-0.15, -0.1) is 0 Å². The summed E-state index contributed by atoms with van der Waals surface area (Å²) in [6, 6.07) is 6.19. The van der Waals surface area contributed by atoms with Crippen LogP contribution in [-0.4, -0.2) is 11.1 Å². The molecule has 2 nitrogen and oxygen atoms in total. The lowest BCUT2D eigenvalue weighted by Gasteiger charge is -2.14. The Hall–Kier alpha value is -1.38. The van der Waals surface area contributed by atoms with Gasteiger partial charge in [0.2, 0.25) is 0 Å². The number of carboxylic acid groups (broad SMARTS) is 1. The van der Waals surface area contributed by atoms with Crippen LogP contribution in [0.2, 0.25) is 0 Å². The molecule has 1 aromatic rings. The quantitative estimate of drug-likeness (QED) is 0.806. The number of rotatable bonds is 3. The summed E-state index contributed by atoms with van der Waals surface area (Å²) in [5.41, 5.74) is 0.309. The van der Waals surface area contributed by atoms with Gasteiger partial charge in [-0.2, -0.15) is 0 Å². The summed E-state index contributed by atoms with van der Waals surface area (Å²) < 4.78 is 13.6. The normalized spacial score (nSPS) is 12.9. The fraction of sp³-hybridized carbons (Fsp3) is 0.364. The largest absolute Gasteiger partial charge is 0.478 e. The zero-order valence-electron chi connectivity index (χ0n) is 8.20. The molecular formula is C11H13FO2. The van der Waals surface area contributed by atoms with Crippen LogP contribution in [-0.2, 0) is 0 Å². The predicted molar refractivity (Wildman–Crippen MR) is 52.1 cm³/mol. The second kappa shape index (κ2) is 4.22. The molecule has 0 saturated heterocycles. The van der Waals surface area contributed by atoms with Crippen molar-refractivity contribution in [1.82, 2.24) is 0 Å². The van der Waals surface area contributed by atoms with E-state index in [1.54, 1.807) is 26.0 Å². The van der Waals surface area contributed by atoms with Crippen LogP contribution in [0.15, 0.2) is 24.3 Å². The third kappa shape index (κ3) is 2.10. The molecule has 0 spiro atoms. The Balaban J connectivity index is 3.13. The van der Waals surface area contributed by atoms with Crippen LogP contribution in [0.3, 0.4) is 0 Å². The van der Waals surface area contributed by atoms with Crippen molar-refractivity contribution < 1.29 is 14.3 Å². The number of hydrogen-bond donors (Lipinski definition) is 1. The van der Waals surface area contributed by atoms with Crippen molar-refractivity contribution in [1.29, 1.82) is 0 Å². The van der Waals surface area contributed by atoms with E-state index in [2.05, 4.69) is 0 Å². The standard InChI is InChI=1S/C11H13FO2/c1-7(2)10(12)8-5-3-4-6-9(8)11(13)14/h3-7,10H,1-2H3,(H,13,14). The monoisotopic (exact) mass is 196 g/mol. The van der Waals surface area contributed by atoms with Crippen LogP contribution >= 0.6 is 0 Å². The van der Waals surface area contributed by atoms with Gasteiger partial charge in [0.1, 0.15) is 6.17 Å². The molecule has 0 saturated carbocycles. The SMILES string of the molecule is CC(C)C(F)c1ccccc1C(=O)O. The molecule has 1 N–H and O–H groups in total. The van der Waals surface area contributed by atoms with Crippen LogP contribution < -0.4 is 0 Å². The maximum Gasteiger partial charge on any atom is 0.336 e. The van der Waals surface area contributed by atoms with Crippen molar-refractivity contribution in [3.63, 3.8) is 0 Å². The molecule has 0 aliphatic carbocycles. The summed E-state index contributed by atoms with van der Waals surface area (Å²) in [4.78, 5) is 10.8. The third-order valence-electron chi connectivity index (χ3n) is 2.07. The van der Waals surface area contributed by atoms with Gasteiger partial charge in [0.15, 0.2) is 0 Å². The molecule has 76 valence electrons. The Kier molecular flexibility index (Phi) is 3.23. The fourth-order valence-corrected chi connectivity index (χ4v) is 1.29. The van der Waals surface area contributed by atoms with Crippen molar-refractivity contribution in [2.75, 3.05) is 0 Å². The van der Waals surface area contributed by atoms with Gasteiger partial charge in [-0.1, -0.05) is 32.0 Å². The molecule has 0 heterocycles. The highest BCUT2D eigenvalue weighted by Gasteiger charge is 2.20. The highest BCUT2D eigenvalue weighted by Crippen LogP contribution is 2.28. The topological polar surface area (TPSA) is 37.3 Å². The minimum absolute atomic E-state index is 0.0497. The molecule has 0 aromatic heterocycles. The molecule has 1 unspecified atom stereocenters. The summed E-state index contributed by atoms with van der Waals surface area (Å²) >= 11 is 0. The molecule has 1 aromatic carbocycles. The number of alkyl halides is 1. The van der Waals surface area contributed by atoms with Crippen molar-refractivity contribution in [3.05, 3.63) is 35.4 Å². The summed E-state index contributed by atoms with van der Waals surface area (Å²) in [5, 5.41) is 8.83. The smallest absolute Gasteiger partial charge is 0.336 e. The molecule has 0 fully saturated rings.